The third kappa shape index (κ3) is 6.20. The maximum atomic E-state index is 13.7. The van der Waals surface area contributed by atoms with E-state index in [1.807, 2.05) is 19.9 Å². The topological polar surface area (TPSA) is 87.0 Å². The molecule has 0 amide bonds. The van der Waals surface area contributed by atoms with Crippen LogP contribution in [0.5, 0.6) is 5.75 Å². The zero-order valence-corrected chi connectivity index (χ0v) is 21.7. The fourth-order valence-electron chi connectivity index (χ4n) is 4.54. The molecule has 0 saturated heterocycles. The Labute approximate surface area is 210 Å². The van der Waals surface area contributed by atoms with E-state index < -0.39 is 27.6 Å². The minimum atomic E-state index is -3.29. The highest BCUT2D eigenvalue weighted by Gasteiger charge is 2.40. The molecule has 3 unspecified atom stereocenters. The molecule has 9 heteroatoms. The van der Waals surface area contributed by atoms with Crippen LogP contribution < -0.4 is 4.74 Å². The summed E-state index contributed by atoms with van der Waals surface area (Å²) in [6.45, 7) is 5.86. The molecule has 0 radical (unpaired) electrons. The van der Waals surface area contributed by atoms with Crippen molar-refractivity contribution < 1.29 is 32.5 Å². The van der Waals surface area contributed by atoms with Crippen molar-refractivity contribution in [2.75, 3.05) is 5.75 Å². The molecule has 35 heavy (non-hydrogen) atoms. The minimum Gasteiger partial charge on any atom is -0.476 e. The molecular weight excluding hydrogens is 494 g/mol. The van der Waals surface area contributed by atoms with Crippen molar-refractivity contribution in [1.29, 1.82) is 0 Å². The number of halogens is 2. The van der Waals surface area contributed by atoms with Crippen LogP contribution in [0.25, 0.3) is 0 Å². The van der Waals surface area contributed by atoms with Crippen LogP contribution >= 0.6 is 22.4 Å². The van der Waals surface area contributed by atoms with Gasteiger partial charge >= 0.3 is 5.97 Å². The number of unbranched alkanes of at least 4 members (excludes halogenated alkanes) is 1. The molecule has 1 aliphatic heterocycles. The van der Waals surface area contributed by atoms with Crippen LogP contribution in [0.3, 0.4) is 0 Å². The second-order valence-electron chi connectivity index (χ2n) is 8.70. The van der Waals surface area contributed by atoms with E-state index in [2.05, 4.69) is 6.92 Å². The molecule has 3 atom stereocenters. The Morgan fingerprint density at radius 1 is 1.23 bits per heavy atom. The van der Waals surface area contributed by atoms with Gasteiger partial charge in [0, 0.05) is 12.0 Å². The number of carboxylic acid groups (broad SMARTS) is 1. The van der Waals surface area contributed by atoms with Gasteiger partial charge in [-0.15, -0.1) is 11.8 Å². The predicted octanol–water partition coefficient (Wildman–Crippen LogP) is 8.05. The van der Waals surface area contributed by atoms with E-state index in [-0.39, 0.29) is 23.4 Å². The third-order valence-electron chi connectivity index (χ3n) is 6.49. The minimum absolute atomic E-state index is 0.0124. The maximum Gasteiger partial charge on any atom is 0.368 e. The Morgan fingerprint density at radius 3 is 2.51 bits per heavy atom. The van der Waals surface area contributed by atoms with Gasteiger partial charge in [-0.1, -0.05) is 38.8 Å². The van der Waals surface area contributed by atoms with E-state index in [1.54, 1.807) is 12.1 Å². The lowest BCUT2D eigenvalue weighted by Gasteiger charge is -2.41. The number of aliphatic carboxylic acids is 1. The Morgan fingerprint density at radius 2 is 1.91 bits per heavy atom. The molecule has 1 aliphatic rings. The van der Waals surface area contributed by atoms with Gasteiger partial charge in [0.1, 0.15) is 17.8 Å². The zero-order chi connectivity index (χ0) is 25.8. The Bertz CT molecular complexity index is 1070. The summed E-state index contributed by atoms with van der Waals surface area (Å²) in [5, 5.41) is 8.39. The quantitative estimate of drug-likeness (QED) is 0.174. The van der Waals surface area contributed by atoms with Crippen molar-refractivity contribution in [3.05, 3.63) is 65.4 Å². The number of hydrogen-bond acceptors (Lipinski definition) is 5. The smallest absolute Gasteiger partial charge is 0.368 e. The first kappa shape index (κ1) is 27.5. The average Bonchev–Trinajstić information content (AvgIpc) is 2.90. The lowest BCUT2D eigenvalue weighted by atomic mass is 9.81. The first-order valence-electron chi connectivity index (χ1n) is 11.7. The summed E-state index contributed by atoms with van der Waals surface area (Å²) >= 11 is 1.42. The number of ether oxygens (including phenoxy) is 1. The summed E-state index contributed by atoms with van der Waals surface area (Å²) in [6, 6.07) is 9.59. The predicted molar refractivity (Wildman–Crippen MR) is 137 cm³/mol. The molecule has 1 heterocycles. The van der Waals surface area contributed by atoms with Crippen molar-refractivity contribution in [1.82, 2.24) is 0 Å². The molecule has 0 spiro atoms. The lowest BCUT2D eigenvalue weighted by Crippen LogP contribution is -2.23. The van der Waals surface area contributed by atoms with Crippen LogP contribution in [0.1, 0.15) is 63.5 Å². The van der Waals surface area contributed by atoms with Crippen molar-refractivity contribution in [2.24, 2.45) is 5.92 Å². The van der Waals surface area contributed by atoms with Gasteiger partial charge in [-0.2, -0.15) is 15.0 Å². The summed E-state index contributed by atoms with van der Waals surface area (Å²) in [4.78, 5) is 11.8. The number of carboxylic acids is 1. The van der Waals surface area contributed by atoms with E-state index >= 15 is 0 Å². The molecule has 0 aliphatic carbocycles. The van der Waals surface area contributed by atoms with E-state index in [1.165, 1.54) is 30.0 Å². The average molecular weight is 527 g/mol. The second-order valence-corrected chi connectivity index (χ2v) is 12.4. The Balaban J connectivity index is 2.22. The summed E-state index contributed by atoms with van der Waals surface area (Å²) < 4.78 is 55.7. The Kier molecular flexibility index (Phi) is 9.26. The van der Waals surface area contributed by atoms with E-state index in [0.29, 0.717) is 33.8 Å². The number of thioether (sulfide) groups is 1. The number of hydrogen-bond donors (Lipinski definition) is 3. The van der Waals surface area contributed by atoms with Gasteiger partial charge in [-0.25, -0.2) is 9.18 Å². The number of benzene rings is 2. The van der Waals surface area contributed by atoms with Crippen molar-refractivity contribution >= 4 is 28.3 Å². The molecule has 5 nitrogen and oxygen atoms in total. The largest absolute Gasteiger partial charge is 0.476 e. The highest BCUT2D eigenvalue weighted by atomic mass is 32.3. The highest BCUT2D eigenvalue weighted by molar-refractivity contribution is 8.24. The summed E-state index contributed by atoms with van der Waals surface area (Å²) in [5.41, 5.74) is 1.59. The van der Waals surface area contributed by atoms with Crippen LogP contribution in [0, 0.1) is 11.7 Å². The van der Waals surface area contributed by atoms with Crippen LogP contribution in [-0.4, -0.2) is 31.2 Å². The molecule has 0 fully saturated rings. The van der Waals surface area contributed by atoms with Crippen molar-refractivity contribution in [2.45, 2.75) is 67.4 Å². The van der Waals surface area contributed by atoms with Gasteiger partial charge in [0.15, 0.2) is 0 Å². The van der Waals surface area contributed by atoms with E-state index in [4.69, 9.17) is 9.84 Å². The van der Waals surface area contributed by atoms with Crippen molar-refractivity contribution in [3.63, 3.8) is 0 Å². The zero-order valence-electron chi connectivity index (χ0n) is 20.0. The first-order valence-corrected chi connectivity index (χ1v) is 14.3. The third-order valence-corrected chi connectivity index (χ3v) is 9.83. The normalized spacial score (nSPS) is 22.7. The molecule has 192 valence electrons. The van der Waals surface area contributed by atoms with Gasteiger partial charge in [-0.3, -0.25) is 9.11 Å². The van der Waals surface area contributed by atoms with Gasteiger partial charge < -0.3 is 9.84 Å². The molecule has 0 saturated carbocycles. The fraction of sp³-hybridized carbons (Fsp3) is 0.423. The van der Waals surface area contributed by atoms with Gasteiger partial charge in [0.2, 0.25) is 5.83 Å². The number of rotatable bonds is 9. The van der Waals surface area contributed by atoms with E-state index in [9.17, 15) is 22.7 Å². The molecule has 2 aromatic carbocycles. The maximum absolute atomic E-state index is 13.7. The van der Waals surface area contributed by atoms with Gasteiger partial charge in [-0.05, 0) is 60.8 Å². The molecular formula is C26H32F2O5S2. The highest BCUT2D eigenvalue weighted by Crippen LogP contribution is 2.63. The first-order chi connectivity index (χ1) is 16.6. The second kappa shape index (κ2) is 11.8. The standard InChI is InChI=1S/C26H32F2O5S2/c1-4-6-7-18-12-20(17-8-10-19(27)11-9-17)21-13-24(34-5-2)23(33-15-22(28)26(29)30)14-25(21)35(31,32)16(18)3/h8-11,13-16,18,20,31-32H,4-7,12H2,1-3H3,(H,29,30)/b22-15-. The van der Waals surface area contributed by atoms with Gasteiger partial charge in [0.05, 0.1) is 15.0 Å². The Hall–Kier alpha value is -2.07. The molecule has 0 bridgehead atoms. The molecule has 2 aromatic rings. The van der Waals surface area contributed by atoms with Crippen molar-refractivity contribution in [3.8, 4) is 5.75 Å². The van der Waals surface area contributed by atoms with Gasteiger partial charge in [0.25, 0.3) is 0 Å². The SMILES string of the molecule is CCCCC1CC(c2ccc(F)cc2)c2cc(SCC)c(O/C=C(\F)C(=O)O)cc2S(O)(O)C1C. The van der Waals surface area contributed by atoms with E-state index in [0.717, 1.165) is 24.8 Å². The monoisotopic (exact) mass is 526 g/mol. The summed E-state index contributed by atoms with van der Waals surface area (Å²) in [7, 11) is -3.29. The number of fused-ring (bicyclic) bond motifs is 1. The van der Waals surface area contributed by atoms with Crippen LogP contribution in [0.2, 0.25) is 0 Å². The molecule has 3 rings (SSSR count). The lowest BCUT2D eigenvalue weighted by molar-refractivity contribution is -0.134. The molecule has 0 aromatic heterocycles. The van der Waals surface area contributed by atoms with Crippen LogP contribution in [0.15, 0.2) is 58.3 Å². The number of carbonyl (C=O) groups is 1. The van der Waals surface area contributed by atoms with Crippen LogP contribution in [0.4, 0.5) is 8.78 Å². The summed E-state index contributed by atoms with van der Waals surface area (Å²) in [6.07, 6.45) is 3.93. The summed E-state index contributed by atoms with van der Waals surface area (Å²) in [5.74, 6) is -2.94. The fourth-order valence-corrected chi connectivity index (χ4v) is 7.32. The van der Waals surface area contributed by atoms with Crippen LogP contribution in [-0.2, 0) is 4.79 Å². The molecule has 3 N–H and O–H groups in total.